The van der Waals surface area contributed by atoms with Crippen molar-refractivity contribution in [1.82, 2.24) is 5.32 Å². The fourth-order valence-electron chi connectivity index (χ4n) is 4.59. The quantitative estimate of drug-likeness (QED) is 0.269. The maximum Gasteiger partial charge on any atom is 0.220 e. The Morgan fingerprint density at radius 2 is 1.85 bits per heavy atom. The average Bonchev–Trinajstić information content (AvgIpc) is 3.18. The second-order valence-corrected chi connectivity index (χ2v) is 8.82. The van der Waals surface area contributed by atoms with Crippen molar-refractivity contribution in [3.05, 3.63) is 125 Å². The Morgan fingerprint density at radius 1 is 1.12 bits per heavy atom. The highest BCUT2D eigenvalue weighted by molar-refractivity contribution is 9.11. The highest BCUT2D eigenvalue weighted by atomic mass is 79.9. The van der Waals surface area contributed by atoms with Gasteiger partial charge in [0.25, 0.3) is 0 Å². The van der Waals surface area contributed by atoms with Crippen molar-refractivity contribution in [2.24, 2.45) is 9.98 Å². The van der Waals surface area contributed by atoms with Gasteiger partial charge >= 0.3 is 0 Å². The predicted octanol–water partition coefficient (Wildman–Crippen LogP) is 6.48. The summed E-state index contributed by atoms with van der Waals surface area (Å²) in [6, 6.07) is 18.4. The molecule has 2 unspecified atom stereocenters. The Labute approximate surface area is 204 Å². The number of rotatable bonds is 7. The normalized spacial score (nSPS) is 19.6. The molecule has 0 fully saturated rings. The SMILES string of the molecule is C=C/C=C(\C=C)C(/N=C(\N=C)c1ccccc1)(NC)N1C2=CC=C(Br)CC2c2ccccc21. The van der Waals surface area contributed by atoms with Crippen LogP contribution in [0.15, 0.2) is 124 Å². The number of amidine groups is 1. The Balaban J connectivity index is 2.04. The smallest absolute Gasteiger partial charge is 0.220 e. The third kappa shape index (κ3) is 3.99. The molecule has 166 valence electrons. The van der Waals surface area contributed by atoms with Gasteiger partial charge in [-0.3, -0.25) is 5.32 Å². The Kier molecular flexibility index (Phi) is 6.72. The van der Waals surface area contributed by atoms with Crippen LogP contribution in [0.5, 0.6) is 0 Å². The first-order valence-corrected chi connectivity index (χ1v) is 11.6. The summed E-state index contributed by atoms with van der Waals surface area (Å²) in [6.07, 6.45) is 10.7. The van der Waals surface area contributed by atoms with Crippen LogP contribution in [-0.4, -0.2) is 25.4 Å². The van der Waals surface area contributed by atoms with E-state index in [9.17, 15) is 0 Å². The van der Waals surface area contributed by atoms with E-state index < -0.39 is 5.79 Å². The van der Waals surface area contributed by atoms with Gasteiger partial charge in [-0.2, -0.15) is 0 Å². The molecule has 1 heterocycles. The van der Waals surface area contributed by atoms with E-state index in [0.29, 0.717) is 5.84 Å². The van der Waals surface area contributed by atoms with Crippen molar-refractivity contribution in [2.75, 3.05) is 11.9 Å². The summed E-state index contributed by atoms with van der Waals surface area (Å²) < 4.78 is 1.18. The van der Waals surface area contributed by atoms with Gasteiger partial charge in [0, 0.05) is 28.4 Å². The molecule has 2 aliphatic rings. The first-order valence-electron chi connectivity index (χ1n) is 10.8. The summed E-state index contributed by atoms with van der Waals surface area (Å²) in [5, 5.41) is 3.50. The predicted molar refractivity (Wildman–Crippen MR) is 144 cm³/mol. The number of para-hydroxylation sites is 1. The first kappa shape index (κ1) is 22.9. The van der Waals surface area contributed by atoms with Gasteiger partial charge in [0.15, 0.2) is 5.84 Å². The lowest BCUT2D eigenvalue weighted by Crippen LogP contribution is -2.57. The highest BCUT2D eigenvalue weighted by Gasteiger charge is 2.48. The number of nitrogens with one attached hydrogen (secondary N) is 1. The number of fused-ring (bicyclic) bond motifs is 3. The number of likely N-dealkylation sites (N-methyl/N-ethyl adjacent to an activating group) is 1. The molecule has 0 aromatic heterocycles. The first-order chi connectivity index (χ1) is 16.1. The lowest BCUT2D eigenvalue weighted by atomic mass is 9.92. The zero-order valence-corrected chi connectivity index (χ0v) is 20.3. The summed E-state index contributed by atoms with van der Waals surface area (Å²) in [7, 11) is 1.90. The highest BCUT2D eigenvalue weighted by Crippen LogP contribution is 2.52. The monoisotopic (exact) mass is 498 g/mol. The third-order valence-electron chi connectivity index (χ3n) is 6.04. The minimum Gasteiger partial charge on any atom is -0.303 e. The van der Waals surface area contributed by atoms with E-state index in [4.69, 9.17) is 4.99 Å². The van der Waals surface area contributed by atoms with Gasteiger partial charge in [-0.25, -0.2) is 9.98 Å². The van der Waals surface area contributed by atoms with Gasteiger partial charge < -0.3 is 4.90 Å². The van der Waals surface area contributed by atoms with Gasteiger partial charge in [0.2, 0.25) is 5.79 Å². The molecule has 0 bridgehead atoms. The molecule has 2 aromatic carbocycles. The van der Waals surface area contributed by atoms with Crippen molar-refractivity contribution in [1.29, 1.82) is 0 Å². The van der Waals surface area contributed by atoms with Crippen molar-refractivity contribution >= 4 is 34.2 Å². The summed E-state index contributed by atoms with van der Waals surface area (Å²) in [5.41, 5.74) is 5.25. The van der Waals surface area contributed by atoms with Crippen LogP contribution < -0.4 is 10.2 Å². The minimum atomic E-state index is -1.02. The number of nitrogens with zero attached hydrogens (tertiary/aromatic N) is 3. The second-order valence-electron chi connectivity index (χ2n) is 7.80. The molecule has 1 aliphatic heterocycles. The van der Waals surface area contributed by atoms with Crippen molar-refractivity contribution in [3.63, 3.8) is 0 Å². The van der Waals surface area contributed by atoms with Crippen molar-refractivity contribution in [2.45, 2.75) is 18.1 Å². The van der Waals surface area contributed by atoms with Gasteiger partial charge in [-0.1, -0.05) is 102 Å². The fraction of sp³-hybridized carbons (Fsp3) is 0.143. The molecule has 2 aromatic rings. The van der Waals surface area contributed by atoms with Gasteiger partial charge in [-0.05, 0) is 42.4 Å². The van der Waals surface area contributed by atoms with Crippen LogP contribution in [-0.2, 0) is 0 Å². The van der Waals surface area contributed by atoms with Gasteiger partial charge in [-0.15, -0.1) is 0 Å². The van der Waals surface area contributed by atoms with Gasteiger partial charge in [0.05, 0.1) is 0 Å². The molecule has 1 N–H and O–H groups in total. The number of hydrogen-bond acceptors (Lipinski definition) is 3. The second kappa shape index (κ2) is 9.69. The Hall–Kier alpha value is -3.28. The molecule has 33 heavy (non-hydrogen) atoms. The van der Waals surface area contributed by atoms with Crippen LogP contribution in [0.2, 0.25) is 0 Å². The lowest BCUT2D eigenvalue weighted by molar-refractivity contribution is 0.433. The molecular formula is C28H27BrN4. The Morgan fingerprint density at radius 3 is 2.52 bits per heavy atom. The third-order valence-corrected chi connectivity index (χ3v) is 6.63. The van der Waals surface area contributed by atoms with Gasteiger partial charge in [0.1, 0.15) is 0 Å². The Bertz CT molecular complexity index is 1210. The largest absolute Gasteiger partial charge is 0.303 e. The van der Waals surface area contributed by atoms with Crippen LogP contribution in [0.4, 0.5) is 5.69 Å². The number of hydrogen-bond donors (Lipinski definition) is 1. The van der Waals surface area contributed by atoms with Crippen molar-refractivity contribution < 1.29 is 0 Å². The van der Waals surface area contributed by atoms with E-state index in [2.05, 4.69) is 87.4 Å². The number of benzene rings is 2. The summed E-state index contributed by atoms with van der Waals surface area (Å²) >= 11 is 3.70. The van der Waals surface area contributed by atoms with Crippen LogP contribution >= 0.6 is 15.9 Å². The number of anilines is 1. The zero-order chi connectivity index (χ0) is 23.4. The number of allylic oxidation sites excluding steroid dienone is 6. The topological polar surface area (TPSA) is 40.0 Å². The van der Waals surface area contributed by atoms with E-state index in [1.54, 1.807) is 6.08 Å². The number of halogens is 1. The molecule has 5 heteroatoms. The average molecular weight is 499 g/mol. The standard InChI is InChI=1S/C28H27BrN4/c1-5-12-21(6-2)28(31-4,32-27(30-3)20-13-8-7-9-14-20)33-25-16-11-10-15-23(25)24-19-22(29)17-18-26(24)33/h5-18,24,31H,1-3,19H2,4H3/b21-12+,32-27-. The zero-order valence-electron chi connectivity index (χ0n) is 18.7. The van der Waals surface area contributed by atoms with E-state index in [1.165, 1.54) is 10.0 Å². The molecular weight excluding hydrogens is 472 g/mol. The molecule has 4 nitrogen and oxygen atoms in total. The van der Waals surface area contributed by atoms with E-state index in [1.807, 2.05) is 49.5 Å². The summed E-state index contributed by atoms with van der Waals surface area (Å²) in [5.74, 6) is -0.262. The summed E-state index contributed by atoms with van der Waals surface area (Å²) in [6.45, 7) is 11.9. The molecule has 0 saturated carbocycles. The molecule has 0 radical (unpaired) electrons. The maximum absolute atomic E-state index is 5.24. The van der Waals surface area contributed by atoms with E-state index in [0.717, 1.165) is 28.9 Å². The fourth-order valence-corrected chi connectivity index (χ4v) is 5.04. The molecule has 2 atom stereocenters. The lowest BCUT2D eigenvalue weighted by Gasteiger charge is -2.43. The molecule has 0 spiro atoms. The van der Waals surface area contributed by atoms with Crippen LogP contribution in [0.1, 0.15) is 23.5 Å². The molecule has 1 aliphatic carbocycles. The molecule has 0 amide bonds. The summed E-state index contributed by atoms with van der Waals surface area (Å²) in [4.78, 5) is 11.8. The van der Waals surface area contributed by atoms with Crippen LogP contribution in [0.25, 0.3) is 0 Å². The van der Waals surface area contributed by atoms with E-state index >= 15 is 0 Å². The molecule has 4 rings (SSSR count). The molecule has 0 saturated heterocycles. The maximum atomic E-state index is 5.24. The number of aliphatic imine (C=N–C) groups is 2. The van der Waals surface area contributed by atoms with Crippen LogP contribution in [0, 0.1) is 0 Å². The van der Waals surface area contributed by atoms with Crippen molar-refractivity contribution in [3.8, 4) is 0 Å². The van der Waals surface area contributed by atoms with Crippen LogP contribution in [0.3, 0.4) is 0 Å². The minimum absolute atomic E-state index is 0.218. The van der Waals surface area contributed by atoms with E-state index in [-0.39, 0.29) is 5.92 Å².